The summed E-state index contributed by atoms with van der Waals surface area (Å²) in [4.78, 5) is 0. The molecule has 0 aliphatic heterocycles. The summed E-state index contributed by atoms with van der Waals surface area (Å²) < 4.78 is 10.4. The van der Waals surface area contributed by atoms with E-state index in [1.807, 2.05) is 12.1 Å². The smallest absolute Gasteiger partial charge is 0.207 e. The quantitative estimate of drug-likeness (QED) is 0.838. The Bertz CT molecular complexity index is 429. The number of anilines is 1. The van der Waals surface area contributed by atoms with Crippen LogP contribution in [0, 0.1) is 5.92 Å². The fraction of sp³-hybridized carbons (Fsp3) is 0.364. The zero-order valence-electron chi connectivity index (χ0n) is 8.86. The number of aromatic nitrogens is 1. The van der Waals surface area contributed by atoms with E-state index in [-0.39, 0.29) is 0 Å². The van der Waals surface area contributed by atoms with Gasteiger partial charge in [0.15, 0.2) is 11.6 Å². The Morgan fingerprint density at radius 1 is 1.47 bits per heavy atom. The second-order valence-electron chi connectivity index (χ2n) is 3.95. The van der Waals surface area contributed by atoms with Crippen LogP contribution < -0.4 is 5.73 Å². The number of hydrogen-bond acceptors (Lipinski definition) is 4. The Kier molecular flexibility index (Phi) is 2.49. The fourth-order valence-corrected chi connectivity index (χ4v) is 1.53. The summed E-state index contributed by atoms with van der Waals surface area (Å²) in [6.45, 7) is 4.25. The van der Waals surface area contributed by atoms with E-state index in [1.54, 1.807) is 6.26 Å². The number of nitrogen functional groups attached to an aromatic ring is 1. The van der Waals surface area contributed by atoms with Crippen molar-refractivity contribution in [2.45, 2.75) is 20.3 Å². The molecule has 0 aromatic carbocycles. The molecule has 2 aromatic heterocycles. The van der Waals surface area contributed by atoms with Crippen molar-refractivity contribution in [3.63, 3.8) is 0 Å². The van der Waals surface area contributed by atoms with Crippen LogP contribution in [0.15, 0.2) is 27.3 Å². The second-order valence-corrected chi connectivity index (χ2v) is 3.95. The normalized spacial score (nSPS) is 11.1. The predicted molar refractivity (Wildman–Crippen MR) is 57.2 cm³/mol. The molecule has 4 heteroatoms. The van der Waals surface area contributed by atoms with Gasteiger partial charge >= 0.3 is 0 Å². The van der Waals surface area contributed by atoms with E-state index in [0.717, 1.165) is 12.0 Å². The molecule has 0 aliphatic carbocycles. The molecule has 0 atom stereocenters. The maximum absolute atomic E-state index is 5.75. The summed E-state index contributed by atoms with van der Waals surface area (Å²) in [6.07, 6.45) is 2.44. The van der Waals surface area contributed by atoms with E-state index in [0.29, 0.717) is 23.3 Å². The summed E-state index contributed by atoms with van der Waals surface area (Å²) in [5, 5.41) is 3.77. The van der Waals surface area contributed by atoms with Crippen LogP contribution in [0.2, 0.25) is 0 Å². The van der Waals surface area contributed by atoms with Gasteiger partial charge in [0.05, 0.1) is 6.26 Å². The topological polar surface area (TPSA) is 65.2 Å². The highest BCUT2D eigenvalue weighted by Crippen LogP contribution is 2.29. The largest absolute Gasteiger partial charge is 0.461 e. The molecule has 0 bridgehead atoms. The first-order chi connectivity index (χ1) is 7.18. The molecule has 0 fully saturated rings. The SMILES string of the molecule is CC(C)Cc1c(N)noc1-c1ccco1. The van der Waals surface area contributed by atoms with Gasteiger partial charge < -0.3 is 14.7 Å². The lowest BCUT2D eigenvalue weighted by molar-refractivity contribution is 0.419. The third kappa shape index (κ3) is 1.88. The second kappa shape index (κ2) is 3.81. The molecule has 2 heterocycles. The third-order valence-electron chi connectivity index (χ3n) is 2.18. The minimum Gasteiger partial charge on any atom is -0.461 e. The van der Waals surface area contributed by atoms with Gasteiger partial charge in [-0.3, -0.25) is 0 Å². The molecule has 0 spiro atoms. The van der Waals surface area contributed by atoms with E-state index >= 15 is 0 Å². The molecular formula is C11H14N2O2. The molecule has 0 saturated carbocycles. The Balaban J connectivity index is 2.40. The summed E-state index contributed by atoms with van der Waals surface area (Å²) in [7, 11) is 0. The average molecular weight is 206 g/mol. The third-order valence-corrected chi connectivity index (χ3v) is 2.18. The molecule has 15 heavy (non-hydrogen) atoms. The zero-order valence-corrected chi connectivity index (χ0v) is 8.86. The van der Waals surface area contributed by atoms with Crippen molar-refractivity contribution in [3.8, 4) is 11.5 Å². The van der Waals surface area contributed by atoms with Crippen LogP contribution in [-0.2, 0) is 6.42 Å². The van der Waals surface area contributed by atoms with Crippen LogP contribution in [0.5, 0.6) is 0 Å². The van der Waals surface area contributed by atoms with Crippen LogP contribution >= 0.6 is 0 Å². The van der Waals surface area contributed by atoms with Crippen LogP contribution in [0.1, 0.15) is 19.4 Å². The Morgan fingerprint density at radius 3 is 2.87 bits per heavy atom. The van der Waals surface area contributed by atoms with Crippen LogP contribution in [0.25, 0.3) is 11.5 Å². The van der Waals surface area contributed by atoms with E-state index in [9.17, 15) is 0 Å². The van der Waals surface area contributed by atoms with Crippen molar-refractivity contribution >= 4 is 5.82 Å². The summed E-state index contributed by atoms with van der Waals surface area (Å²) in [5.74, 6) is 2.27. The molecule has 2 N–H and O–H groups in total. The molecule has 0 amide bonds. The lowest BCUT2D eigenvalue weighted by Crippen LogP contribution is -1.98. The van der Waals surface area contributed by atoms with Crippen molar-refractivity contribution in [2.75, 3.05) is 5.73 Å². The highest BCUT2D eigenvalue weighted by Gasteiger charge is 2.18. The molecule has 0 aliphatic rings. The van der Waals surface area contributed by atoms with Gasteiger partial charge in [-0.25, -0.2) is 0 Å². The van der Waals surface area contributed by atoms with Crippen molar-refractivity contribution < 1.29 is 8.94 Å². The first-order valence-electron chi connectivity index (χ1n) is 4.96. The van der Waals surface area contributed by atoms with Gasteiger partial charge in [-0.2, -0.15) is 0 Å². The van der Waals surface area contributed by atoms with Gasteiger partial charge in [0.1, 0.15) is 0 Å². The van der Waals surface area contributed by atoms with Crippen LogP contribution in [0.4, 0.5) is 5.82 Å². The monoisotopic (exact) mass is 206 g/mol. The zero-order chi connectivity index (χ0) is 10.8. The van der Waals surface area contributed by atoms with Crippen molar-refractivity contribution in [2.24, 2.45) is 5.92 Å². The first kappa shape index (κ1) is 9.83. The fourth-order valence-electron chi connectivity index (χ4n) is 1.53. The van der Waals surface area contributed by atoms with E-state index in [4.69, 9.17) is 14.7 Å². The molecule has 80 valence electrons. The lowest BCUT2D eigenvalue weighted by atomic mass is 10.0. The Hall–Kier alpha value is -1.71. The molecule has 4 nitrogen and oxygen atoms in total. The standard InChI is InChI=1S/C11H14N2O2/c1-7(2)6-8-10(15-13-11(8)12)9-4-3-5-14-9/h3-5,7H,6H2,1-2H3,(H2,12,13). The van der Waals surface area contributed by atoms with Crippen molar-refractivity contribution in [1.29, 1.82) is 0 Å². The number of nitrogens with two attached hydrogens (primary N) is 1. The van der Waals surface area contributed by atoms with Gasteiger partial charge in [0.2, 0.25) is 5.76 Å². The lowest BCUT2D eigenvalue weighted by Gasteiger charge is -2.03. The summed E-state index contributed by atoms with van der Waals surface area (Å²) in [6, 6.07) is 3.65. The van der Waals surface area contributed by atoms with E-state index in [1.165, 1.54) is 0 Å². The Labute approximate surface area is 88.0 Å². The number of hydrogen-bond donors (Lipinski definition) is 1. The van der Waals surface area contributed by atoms with Gasteiger partial charge in [-0.1, -0.05) is 19.0 Å². The minimum atomic E-state index is 0.454. The molecule has 0 saturated heterocycles. The molecule has 0 unspecified atom stereocenters. The molecule has 2 aromatic rings. The first-order valence-corrected chi connectivity index (χ1v) is 4.96. The predicted octanol–water partition coefficient (Wildman–Crippen LogP) is 2.72. The van der Waals surface area contributed by atoms with Crippen molar-refractivity contribution in [1.82, 2.24) is 5.16 Å². The minimum absolute atomic E-state index is 0.454. The van der Waals surface area contributed by atoms with Crippen LogP contribution in [0.3, 0.4) is 0 Å². The van der Waals surface area contributed by atoms with Gasteiger partial charge in [0, 0.05) is 5.56 Å². The molecular weight excluding hydrogens is 192 g/mol. The number of rotatable bonds is 3. The Morgan fingerprint density at radius 2 is 2.27 bits per heavy atom. The number of furan rings is 1. The highest BCUT2D eigenvalue weighted by atomic mass is 16.5. The van der Waals surface area contributed by atoms with Gasteiger partial charge in [-0.05, 0) is 24.5 Å². The number of nitrogens with zero attached hydrogens (tertiary/aromatic N) is 1. The van der Waals surface area contributed by atoms with E-state index in [2.05, 4.69) is 19.0 Å². The van der Waals surface area contributed by atoms with Crippen LogP contribution in [-0.4, -0.2) is 5.16 Å². The van der Waals surface area contributed by atoms with E-state index < -0.39 is 0 Å². The van der Waals surface area contributed by atoms with Gasteiger partial charge in [-0.15, -0.1) is 0 Å². The van der Waals surface area contributed by atoms with Gasteiger partial charge in [0.25, 0.3) is 0 Å². The maximum atomic E-state index is 5.75. The molecule has 2 rings (SSSR count). The maximum Gasteiger partial charge on any atom is 0.207 e. The summed E-state index contributed by atoms with van der Waals surface area (Å²) in [5.41, 5.74) is 6.68. The molecule has 0 radical (unpaired) electrons. The van der Waals surface area contributed by atoms with Crippen molar-refractivity contribution in [3.05, 3.63) is 24.0 Å². The summed E-state index contributed by atoms with van der Waals surface area (Å²) >= 11 is 0. The highest BCUT2D eigenvalue weighted by molar-refractivity contribution is 5.61. The average Bonchev–Trinajstić information content (AvgIpc) is 2.76.